The molecule has 0 fully saturated rings. The quantitative estimate of drug-likeness (QED) is 0.680. The van der Waals surface area contributed by atoms with Crippen LogP contribution in [-0.2, 0) is 6.42 Å². The van der Waals surface area contributed by atoms with Crippen molar-refractivity contribution in [2.24, 2.45) is 5.73 Å². The van der Waals surface area contributed by atoms with Crippen LogP contribution in [0.1, 0.15) is 5.56 Å². The second kappa shape index (κ2) is 4.02. The van der Waals surface area contributed by atoms with Gasteiger partial charge < -0.3 is 5.73 Å². The van der Waals surface area contributed by atoms with Crippen LogP contribution in [0.5, 0.6) is 0 Å². The van der Waals surface area contributed by atoms with E-state index in [4.69, 9.17) is 5.73 Å². The lowest BCUT2D eigenvalue weighted by Crippen LogP contribution is -2.19. The summed E-state index contributed by atoms with van der Waals surface area (Å²) in [5.74, 6) is -0.217. The van der Waals surface area contributed by atoms with E-state index >= 15 is 0 Å². The van der Waals surface area contributed by atoms with Crippen molar-refractivity contribution >= 4 is 0 Å². The standard InChI is InChI=1S/C10H12FN/c1-2-10(12)7-8-3-5-9(11)6-4-8/h2-6,10H,1,7,12H2/t10-/m1/s1. The maximum Gasteiger partial charge on any atom is 0.123 e. The molecule has 1 rings (SSSR count). The number of hydrogen-bond donors (Lipinski definition) is 1. The fourth-order valence-electron chi connectivity index (χ4n) is 0.976. The van der Waals surface area contributed by atoms with Gasteiger partial charge in [-0.15, -0.1) is 6.58 Å². The zero-order chi connectivity index (χ0) is 8.97. The fourth-order valence-corrected chi connectivity index (χ4v) is 0.976. The van der Waals surface area contributed by atoms with Crippen molar-refractivity contribution in [3.05, 3.63) is 48.3 Å². The van der Waals surface area contributed by atoms with Crippen LogP contribution in [0.3, 0.4) is 0 Å². The van der Waals surface area contributed by atoms with Crippen LogP contribution in [-0.4, -0.2) is 6.04 Å². The monoisotopic (exact) mass is 165 g/mol. The molecule has 0 amide bonds. The predicted molar refractivity (Wildman–Crippen MR) is 48.3 cm³/mol. The van der Waals surface area contributed by atoms with E-state index in [1.165, 1.54) is 12.1 Å². The highest BCUT2D eigenvalue weighted by Gasteiger charge is 1.98. The van der Waals surface area contributed by atoms with E-state index in [-0.39, 0.29) is 11.9 Å². The SMILES string of the molecule is C=C[C@@H](N)Cc1ccc(F)cc1. The summed E-state index contributed by atoms with van der Waals surface area (Å²) >= 11 is 0. The lowest BCUT2D eigenvalue weighted by atomic mass is 10.1. The maximum absolute atomic E-state index is 12.5. The molecule has 1 aromatic carbocycles. The molecular weight excluding hydrogens is 153 g/mol. The Morgan fingerprint density at radius 3 is 2.50 bits per heavy atom. The number of nitrogens with two attached hydrogens (primary N) is 1. The summed E-state index contributed by atoms with van der Waals surface area (Å²) in [5, 5.41) is 0. The highest BCUT2D eigenvalue weighted by atomic mass is 19.1. The minimum atomic E-state index is -0.217. The van der Waals surface area contributed by atoms with Gasteiger partial charge in [-0.25, -0.2) is 4.39 Å². The van der Waals surface area contributed by atoms with Crippen molar-refractivity contribution in [3.63, 3.8) is 0 Å². The van der Waals surface area contributed by atoms with Crippen LogP contribution < -0.4 is 5.73 Å². The lowest BCUT2D eigenvalue weighted by Gasteiger charge is -2.04. The third kappa shape index (κ3) is 2.47. The van der Waals surface area contributed by atoms with Gasteiger partial charge in [-0.2, -0.15) is 0 Å². The summed E-state index contributed by atoms with van der Waals surface area (Å²) in [6.45, 7) is 3.58. The Hall–Kier alpha value is -1.15. The number of benzene rings is 1. The third-order valence-corrected chi connectivity index (χ3v) is 1.69. The second-order valence-electron chi connectivity index (χ2n) is 2.73. The fraction of sp³-hybridized carbons (Fsp3) is 0.200. The third-order valence-electron chi connectivity index (χ3n) is 1.69. The van der Waals surface area contributed by atoms with Crippen molar-refractivity contribution < 1.29 is 4.39 Å². The second-order valence-corrected chi connectivity index (χ2v) is 2.73. The first-order valence-corrected chi connectivity index (χ1v) is 3.85. The van der Waals surface area contributed by atoms with Crippen molar-refractivity contribution in [1.82, 2.24) is 0 Å². The van der Waals surface area contributed by atoms with Gasteiger partial charge in [-0.05, 0) is 24.1 Å². The van der Waals surface area contributed by atoms with Gasteiger partial charge in [0.05, 0.1) is 0 Å². The van der Waals surface area contributed by atoms with E-state index < -0.39 is 0 Å². The Kier molecular flexibility index (Phi) is 3.00. The Morgan fingerprint density at radius 2 is 2.00 bits per heavy atom. The summed E-state index contributed by atoms with van der Waals surface area (Å²) in [6.07, 6.45) is 2.40. The van der Waals surface area contributed by atoms with Crippen LogP contribution in [0.2, 0.25) is 0 Å². The molecule has 0 aromatic heterocycles. The van der Waals surface area contributed by atoms with Crippen LogP contribution in [0.15, 0.2) is 36.9 Å². The lowest BCUT2D eigenvalue weighted by molar-refractivity contribution is 0.626. The van der Waals surface area contributed by atoms with Gasteiger partial charge in [-0.1, -0.05) is 18.2 Å². The molecule has 64 valence electrons. The maximum atomic E-state index is 12.5. The van der Waals surface area contributed by atoms with Crippen molar-refractivity contribution in [3.8, 4) is 0 Å². The van der Waals surface area contributed by atoms with E-state index in [0.717, 1.165) is 5.56 Å². The molecule has 1 atom stereocenters. The summed E-state index contributed by atoms with van der Waals surface area (Å²) < 4.78 is 12.5. The molecule has 0 bridgehead atoms. The van der Waals surface area contributed by atoms with E-state index in [0.29, 0.717) is 6.42 Å². The normalized spacial score (nSPS) is 12.5. The molecule has 0 saturated carbocycles. The molecule has 0 saturated heterocycles. The van der Waals surface area contributed by atoms with E-state index in [9.17, 15) is 4.39 Å². The van der Waals surface area contributed by atoms with E-state index in [2.05, 4.69) is 6.58 Å². The smallest absolute Gasteiger partial charge is 0.123 e. The average molecular weight is 165 g/mol. The molecular formula is C10H12FN. The zero-order valence-electron chi connectivity index (χ0n) is 6.83. The minimum Gasteiger partial charge on any atom is -0.324 e. The molecule has 0 heterocycles. The average Bonchev–Trinajstić information content (AvgIpc) is 2.09. The Bertz CT molecular complexity index is 253. The van der Waals surface area contributed by atoms with Crippen LogP contribution >= 0.6 is 0 Å². The van der Waals surface area contributed by atoms with Gasteiger partial charge in [0.1, 0.15) is 5.82 Å². The van der Waals surface area contributed by atoms with Gasteiger partial charge in [0.25, 0.3) is 0 Å². The number of hydrogen-bond acceptors (Lipinski definition) is 1. The topological polar surface area (TPSA) is 26.0 Å². The Labute approximate surface area is 71.7 Å². The molecule has 0 unspecified atom stereocenters. The zero-order valence-corrected chi connectivity index (χ0v) is 6.83. The molecule has 2 heteroatoms. The van der Waals surface area contributed by atoms with Crippen molar-refractivity contribution in [1.29, 1.82) is 0 Å². The first kappa shape index (κ1) is 8.94. The van der Waals surface area contributed by atoms with Crippen LogP contribution in [0.4, 0.5) is 4.39 Å². The molecule has 12 heavy (non-hydrogen) atoms. The predicted octanol–water partition coefficient (Wildman–Crippen LogP) is 1.88. The summed E-state index contributed by atoms with van der Waals surface area (Å²) in [5.41, 5.74) is 6.66. The Balaban J connectivity index is 2.64. The van der Waals surface area contributed by atoms with E-state index in [1.54, 1.807) is 18.2 Å². The molecule has 1 nitrogen and oxygen atoms in total. The van der Waals surface area contributed by atoms with Gasteiger partial charge in [-0.3, -0.25) is 0 Å². The molecule has 2 N–H and O–H groups in total. The van der Waals surface area contributed by atoms with Crippen LogP contribution in [0, 0.1) is 5.82 Å². The summed E-state index contributed by atoms with van der Waals surface area (Å²) in [4.78, 5) is 0. The van der Waals surface area contributed by atoms with Gasteiger partial charge in [0.15, 0.2) is 0 Å². The van der Waals surface area contributed by atoms with E-state index in [1.807, 2.05) is 0 Å². The molecule has 0 spiro atoms. The number of rotatable bonds is 3. The molecule has 1 aromatic rings. The highest BCUT2D eigenvalue weighted by molar-refractivity contribution is 5.17. The molecule has 0 aliphatic rings. The van der Waals surface area contributed by atoms with Gasteiger partial charge >= 0.3 is 0 Å². The molecule has 0 radical (unpaired) electrons. The van der Waals surface area contributed by atoms with Gasteiger partial charge in [0.2, 0.25) is 0 Å². The van der Waals surface area contributed by atoms with Crippen molar-refractivity contribution in [2.75, 3.05) is 0 Å². The Morgan fingerprint density at radius 1 is 1.42 bits per heavy atom. The van der Waals surface area contributed by atoms with Gasteiger partial charge in [0, 0.05) is 6.04 Å². The highest BCUT2D eigenvalue weighted by Crippen LogP contribution is 2.04. The van der Waals surface area contributed by atoms with Crippen molar-refractivity contribution in [2.45, 2.75) is 12.5 Å². The largest absolute Gasteiger partial charge is 0.324 e. The molecule has 0 aliphatic heterocycles. The number of halogens is 1. The minimum absolute atomic E-state index is 0.0459. The summed E-state index contributed by atoms with van der Waals surface area (Å²) in [7, 11) is 0. The first-order valence-electron chi connectivity index (χ1n) is 3.85. The summed E-state index contributed by atoms with van der Waals surface area (Å²) in [6, 6.07) is 6.30. The molecule has 0 aliphatic carbocycles. The van der Waals surface area contributed by atoms with Crippen LogP contribution in [0.25, 0.3) is 0 Å². The first-order chi connectivity index (χ1) is 5.72.